The summed E-state index contributed by atoms with van der Waals surface area (Å²) in [6.07, 6.45) is 2.00. The molecule has 2 aliphatic rings. The second-order valence-electron chi connectivity index (χ2n) is 5.79. The molecule has 112 valence electrons. The van der Waals surface area contributed by atoms with Crippen LogP contribution in [0.5, 0.6) is 0 Å². The standard InChI is InChI=1S/C16H20N2O3/c19-15(20)7-8-18(12-5-6-12)16(21)14-10-17-9-11-3-1-2-4-13(11)14/h1-4,12,14,17H,5-10H2,(H,19,20). The maximum atomic E-state index is 12.8. The second-order valence-corrected chi connectivity index (χ2v) is 5.79. The van der Waals surface area contributed by atoms with Gasteiger partial charge in [0.2, 0.25) is 5.91 Å². The topological polar surface area (TPSA) is 69.6 Å². The first-order chi connectivity index (χ1) is 10.2. The minimum atomic E-state index is -0.851. The maximum absolute atomic E-state index is 12.8. The fraction of sp³-hybridized carbons (Fsp3) is 0.500. The van der Waals surface area contributed by atoms with Crippen LogP contribution >= 0.6 is 0 Å². The third kappa shape index (κ3) is 3.08. The van der Waals surface area contributed by atoms with E-state index in [1.54, 1.807) is 4.90 Å². The van der Waals surface area contributed by atoms with Crippen molar-refractivity contribution in [3.8, 4) is 0 Å². The highest BCUT2D eigenvalue weighted by molar-refractivity contribution is 5.85. The van der Waals surface area contributed by atoms with Crippen LogP contribution in [0.25, 0.3) is 0 Å². The molecule has 1 saturated carbocycles. The van der Waals surface area contributed by atoms with Crippen LogP contribution in [0.1, 0.15) is 36.3 Å². The van der Waals surface area contributed by atoms with Crippen molar-refractivity contribution in [2.24, 2.45) is 0 Å². The molecule has 1 atom stereocenters. The summed E-state index contributed by atoms with van der Waals surface area (Å²) in [6, 6.07) is 8.24. The molecule has 1 aliphatic heterocycles. The molecule has 5 heteroatoms. The Bertz CT molecular complexity index is 554. The maximum Gasteiger partial charge on any atom is 0.305 e. The average molecular weight is 288 g/mol. The molecule has 0 bridgehead atoms. The molecule has 1 heterocycles. The number of rotatable bonds is 5. The Morgan fingerprint density at radius 3 is 2.76 bits per heavy atom. The van der Waals surface area contributed by atoms with Gasteiger partial charge in [-0.25, -0.2) is 0 Å². The van der Waals surface area contributed by atoms with Gasteiger partial charge >= 0.3 is 5.97 Å². The van der Waals surface area contributed by atoms with Crippen molar-refractivity contribution < 1.29 is 14.7 Å². The van der Waals surface area contributed by atoms with Crippen LogP contribution in [-0.2, 0) is 16.1 Å². The van der Waals surface area contributed by atoms with E-state index in [4.69, 9.17) is 5.11 Å². The van der Waals surface area contributed by atoms with E-state index in [-0.39, 0.29) is 24.3 Å². The molecule has 2 N–H and O–H groups in total. The van der Waals surface area contributed by atoms with Crippen LogP contribution in [0.4, 0.5) is 0 Å². The predicted molar refractivity (Wildman–Crippen MR) is 77.9 cm³/mol. The SMILES string of the molecule is O=C(O)CCN(C(=O)C1CNCc2ccccc21)C1CC1. The van der Waals surface area contributed by atoms with Gasteiger partial charge in [0.1, 0.15) is 0 Å². The molecule has 0 spiro atoms. The van der Waals surface area contributed by atoms with Crippen LogP contribution in [-0.4, -0.2) is 41.0 Å². The van der Waals surface area contributed by atoms with Gasteiger partial charge in [-0.3, -0.25) is 9.59 Å². The fourth-order valence-electron chi connectivity index (χ4n) is 2.99. The molecule has 1 aliphatic carbocycles. The van der Waals surface area contributed by atoms with Crippen molar-refractivity contribution in [3.05, 3.63) is 35.4 Å². The molecule has 0 aromatic heterocycles. The van der Waals surface area contributed by atoms with E-state index in [1.807, 2.05) is 24.3 Å². The van der Waals surface area contributed by atoms with E-state index < -0.39 is 5.97 Å². The highest BCUT2D eigenvalue weighted by Crippen LogP contribution is 2.32. The number of carbonyl (C=O) groups is 2. The predicted octanol–water partition coefficient (Wildman–Crippen LogP) is 1.34. The highest BCUT2D eigenvalue weighted by Gasteiger charge is 2.37. The lowest BCUT2D eigenvalue weighted by Gasteiger charge is -2.31. The monoisotopic (exact) mass is 288 g/mol. The Balaban J connectivity index is 1.78. The summed E-state index contributed by atoms with van der Waals surface area (Å²) in [6.45, 7) is 1.74. The zero-order valence-corrected chi connectivity index (χ0v) is 11.9. The molecule has 1 unspecified atom stereocenters. The number of nitrogens with zero attached hydrogens (tertiary/aromatic N) is 1. The molecule has 0 saturated heterocycles. The number of benzene rings is 1. The van der Waals surface area contributed by atoms with E-state index in [2.05, 4.69) is 5.32 Å². The minimum absolute atomic E-state index is 0.0179. The normalized spacial score (nSPS) is 20.7. The Labute approximate surface area is 123 Å². The summed E-state index contributed by atoms with van der Waals surface area (Å²) >= 11 is 0. The molecule has 1 amide bonds. The van der Waals surface area contributed by atoms with E-state index in [9.17, 15) is 9.59 Å². The smallest absolute Gasteiger partial charge is 0.305 e. The molecule has 0 radical (unpaired) electrons. The molecule has 1 aromatic rings. The number of carboxylic acids is 1. The third-order valence-corrected chi connectivity index (χ3v) is 4.23. The van der Waals surface area contributed by atoms with E-state index >= 15 is 0 Å². The first kappa shape index (κ1) is 14.1. The molecule has 1 aromatic carbocycles. The fourth-order valence-corrected chi connectivity index (χ4v) is 2.99. The third-order valence-electron chi connectivity index (χ3n) is 4.23. The van der Waals surface area contributed by atoms with Crippen molar-refractivity contribution in [1.82, 2.24) is 10.2 Å². The van der Waals surface area contributed by atoms with Crippen LogP contribution in [0.3, 0.4) is 0 Å². The summed E-state index contributed by atoms with van der Waals surface area (Å²) in [5, 5.41) is 12.2. The van der Waals surface area contributed by atoms with E-state index in [0.717, 1.165) is 30.5 Å². The summed E-state index contributed by atoms with van der Waals surface area (Å²) in [5.41, 5.74) is 2.25. The molecular weight excluding hydrogens is 268 g/mol. The summed E-state index contributed by atoms with van der Waals surface area (Å²) in [4.78, 5) is 25.4. The highest BCUT2D eigenvalue weighted by atomic mass is 16.4. The Hall–Kier alpha value is -1.88. The molecular formula is C16H20N2O3. The largest absolute Gasteiger partial charge is 0.481 e. The van der Waals surface area contributed by atoms with Gasteiger partial charge in [-0.15, -0.1) is 0 Å². The molecule has 3 rings (SSSR count). The Kier molecular flexibility index (Phi) is 3.92. The number of aliphatic carboxylic acids is 1. The number of hydrogen-bond acceptors (Lipinski definition) is 3. The Morgan fingerprint density at radius 1 is 1.29 bits per heavy atom. The number of amides is 1. The summed E-state index contributed by atoms with van der Waals surface area (Å²) < 4.78 is 0. The van der Waals surface area contributed by atoms with Crippen molar-refractivity contribution >= 4 is 11.9 Å². The van der Waals surface area contributed by atoms with Gasteiger partial charge in [0.25, 0.3) is 0 Å². The first-order valence-corrected chi connectivity index (χ1v) is 7.47. The van der Waals surface area contributed by atoms with E-state index in [1.165, 1.54) is 0 Å². The molecule has 5 nitrogen and oxygen atoms in total. The van der Waals surface area contributed by atoms with Crippen LogP contribution in [0.2, 0.25) is 0 Å². The van der Waals surface area contributed by atoms with Gasteiger partial charge in [-0.1, -0.05) is 24.3 Å². The number of nitrogens with one attached hydrogen (secondary N) is 1. The van der Waals surface area contributed by atoms with Gasteiger partial charge in [0.05, 0.1) is 12.3 Å². The van der Waals surface area contributed by atoms with Crippen LogP contribution in [0.15, 0.2) is 24.3 Å². The van der Waals surface area contributed by atoms with Crippen molar-refractivity contribution in [2.45, 2.75) is 37.8 Å². The lowest BCUT2D eigenvalue weighted by Crippen LogP contribution is -2.43. The lowest BCUT2D eigenvalue weighted by atomic mass is 9.89. The zero-order chi connectivity index (χ0) is 14.8. The van der Waals surface area contributed by atoms with Crippen LogP contribution < -0.4 is 5.32 Å². The molecule has 1 fully saturated rings. The quantitative estimate of drug-likeness (QED) is 0.858. The minimum Gasteiger partial charge on any atom is -0.481 e. The van der Waals surface area contributed by atoms with Crippen molar-refractivity contribution in [2.75, 3.05) is 13.1 Å². The average Bonchev–Trinajstić information content (AvgIpc) is 3.31. The number of hydrogen-bond donors (Lipinski definition) is 2. The number of fused-ring (bicyclic) bond motifs is 1. The van der Waals surface area contributed by atoms with Crippen molar-refractivity contribution in [3.63, 3.8) is 0 Å². The van der Waals surface area contributed by atoms with Gasteiger partial charge in [0, 0.05) is 25.7 Å². The summed E-state index contributed by atoms with van der Waals surface area (Å²) in [7, 11) is 0. The van der Waals surface area contributed by atoms with Crippen molar-refractivity contribution in [1.29, 1.82) is 0 Å². The van der Waals surface area contributed by atoms with Crippen LogP contribution in [0, 0.1) is 0 Å². The van der Waals surface area contributed by atoms with Gasteiger partial charge in [-0.2, -0.15) is 0 Å². The Morgan fingerprint density at radius 2 is 2.05 bits per heavy atom. The first-order valence-electron chi connectivity index (χ1n) is 7.47. The molecule has 21 heavy (non-hydrogen) atoms. The second kappa shape index (κ2) is 5.85. The summed E-state index contributed by atoms with van der Waals surface area (Å²) in [5.74, 6) is -0.974. The van der Waals surface area contributed by atoms with Gasteiger partial charge in [-0.05, 0) is 24.0 Å². The van der Waals surface area contributed by atoms with E-state index in [0.29, 0.717) is 13.1 Å². The van der Waals surface area contributed by atoms with Gasteiger partial charge in [0.15, 0.2) is 0 Å². The lowest BCUT2D eigenvalue weighted by molar-refractivity contribution is -0.139. The zero-order valence-electron chi connectivity index (χ0n) is 11.9. The number of carbonyl (C=O) groups excluding carboxylic acids is 1. The van der Waals surface area contributed by atoms with Gasteiger partial charge < -0.3 is 15.3 Å². The number of carboxylic acid groups (broad SMARTS) is 1.